The van der Waals surface area contributed by atoms with Crippen LogP contribution in [0.4, 0.5) is 0 Å². The highest BCUT2D eigenvalue weighted by molar-refractivity contribution is 7.80. The second-order valence-corrected chi connectivity index (χ2v) is 8.88. The second-order valence-electron chi connectivity index (χ2n) is 7.83. The van der Waals surface area contributed by atoms with Gasteiger partial charge in [0.25, 0.3) is 0 Å². The molecule has 1 aromatic rings. The molecule has 0 saturated heterocycles. The van der Waals surface area contributed by atoms with E-state index in [4.69, 9.17) is 9.29 Å². The molecule has 172 valence electrons. The number of rotatable bonds is 17. The van der Waals surface area contributed by atoms with Crippen molar-refractivity contribution < 1.29 is 26.7 Å². The van der Waals surface area contributed by atoms with Crippen molar-refractivity contribution in [2.24, 2.45) is 0 Å². The zero-order valence-electron chi connectivity index (χ0n) is 18.5. The molecular formula is C23H38O6S. The Kier molecular flexibility index (Phi) is 13.6. The van der Waals surface area contributed by atoms with E-state index in [1.54, 1.807) is 12.1 Å². The summed E-state index contributed by atoms with van der Waals surface area (Å²) in [5.41, 5.74) is 0.900. The van der Waals surface area contributed by atoms with Crippen molar-refractivity contribution in [3.8, 4) is 5.75 Å². The van der Waals surface area contributed by atoms with Crippen LogP contribution in [-0.4, -0.2) is 25.0 Å². The summed E-state index contributed by atoms with van der Waals surface area (Å²) in [5, 5.41) is 0. The molecule has 0 aliphatic carbocycles. The lowest BCUT2D eigenvalue weighted by Crippen LogP contribution is -2.28. The van der Waals surface area contributed by atoms with Crippen LogP contribution in [0.3, 0.4) is 0 Å². The lowest BCUT2D eigenvalue weighted by Gasteiger charge is -2.13. The molecular weight excluding hydrogens is 404 g/mol. The van der Waals surface area contributed by atoms with Crippen LogP contribution in [0.5, 0.6) is 5.75 Å². The molecule has 0 fully saturated rings. The molecule has 6 nitrogen and oxygen atoms in total. The van der Waals surface area contributed by atoms with Crippen LogP contribution in [0.1, 0.15) is 96.5 Å². The molecule has 0 aromatic heterocycles. The molecule has 0 bridgehead atoms. The van der Waals surface area contributed by atoms with Gasteiger partial charge in [0.1, 0.15) is 5.75 Å². The van der Waals surface area contributed by atoms with Gasteiger partial charge in [0, 0.05) is 0 Å². The Bertz CT molecular complexity index is 701. The zero-order chi connectivity index (χ0) is 22.2. The Labute approximate surface area is 182 Å². The zero-order valence-corrected chi connectivity index (χ0v) is 19.3. The second kappa shape index (κ2) is 15.4. The highest BCUT2D eigenvalue weighted by Crippen LogP contribution is 2.22. The summed E-state index contributed by atoms with van der Waals surface area (Å²) in [6.45, 7) is 3.46. The third-order valence-corrected chi connectivity index (χ3v) is 5.61. The van der Waals surface area contributed by atoms with Gasteiger partial charge >= 0.3 is 16.4 Å². The summed E-state index contributed by atoms with van der Waals surface area (Å²) >= 11 is 0. The first kappa shape index (κ1) is 26.6. The van der Waals surface area contributed by atoms with Crippen LogP contribution >= 0.6 is 0 Å². The monoisotopic (exact) mass is 442 g/mol. The van der Waals surface area contributed by atoms with Crippen molar-refractivity contribution in [1.29, 1.82) is 0 Å². The SMILES string of the molecule is CCCCCCCCCCCCCCc1ccccc1OC(=O)C(C)OS(=O)(=O)O. The molecule has 0 heterocycles. The minimum absolute atomic E-state index is 0.399. The molecule has 0 aliphatic heterocycles. The van der Waals surface area contributed by atoms with Gasteiger partial charge in [0.15, 0.2) is 6.10 Å². The molecule has 1 aromatic carbocycles. The number of hydrogen-bond donors (Lipinski definition) is 1. The fourth-order valence-electron chi connectivity index (χ4n) is 3.38. The maximum absolute atomic E-state index is 12.0. The van der Waals surface area contributed by atoms with Gasteiger partial charge < -0.3 is 4.74 Å². The molecule has 7 heteroatoms. The molecule has 1 unspecified atom stereocenters. The number of para-hydroxylation sites is 1. The minimum atomic E-state index is -4.71. The fourth-order valence-corrected chi connectivity index (χ4v) is 3.82. The van der Waals surface area contributed by atoms with Gasteiger partial charge in [-0.25, -0.2) is 8.98 Å². The van der Waals surface area contributed by atoms with Crippen molar-refractivity contribution in [1.82, 2.24) is 0 Å². The molecule has 0 saturated carbocycles. The molecule has 1 atom stereocenters. The van der Waals surface area contributed by atoms with Crippen molar-refractivity contribution in [3.05, 3.63) is 29.8 Å². The largest absolute Gasteiger partial charge is 0.424 e. The van der Waals surface area contributed by atoms with Gasteiger partial charge in [0.05, 0.1) is 0 Å². The highest BCUT2D eigenvalue weighted by atomic mass is 32.3. The van der Waals surface area contributed by atoms with Crippen LogP contribution in [0.2, 0.25) is 0 Å². The van der Waals surface area contributed by atoms with Gasteiger partial charge in [-0.15, -0.1) is 0 Å². The van der Waals surface area contributed by atoms with Crippen molar-refractivity contribution in [3.63, 3.8) is 0 Å². The lowest BCUT2D eigenvalue weighted by atomic mass is 10.0. The van der Waals surface area contributed by atoms with E-state index < -0.39 is 22.5 Å². The Hall–Kier alpha value is -1.44. The Morgan fingerprint density at radius 1 is 0.900 bits per heavy atom. The first-order valence-electron chi connectivity index (χ1n) is 11.3. The maximum atomic E-state index is 12.0. The number of hydrogen-bond acceptors (Lipinski definition) is 5. The average molecular weight is 443 g/mol. The summed E-state index contributed by atoms with van der Waals surface area (Å²) in [7, 11) is -4.71. The molecule has 1 rings (SSSR count). The topological polar surface area (TPSA) is 89.9 Å². The Balaban J connectivity index is 2.23. The standard InChI is InChI=1S/C23H38O6S/c1-3-4-5-6-7-8-9-10-11-12-13-14-17-21-18-15-16-19-22(21)28-23(24)20(2)29-30(25,26)27/h15-16,18-20H,3-14,17H2,1-2H3,(H,25,26,27). The van der Waals surface area contributed by atoms with E-state index in [1.165, 1.54) is 71.1 Å². The molecule has 0 amide bonds. The Morgan fingerprint density at radius 3 is 1.93 bits per heavy atom. The van der Waals surface area contributed by atoms with Crippen LogP contribution in [-0.2, 0) is 25.8 Å². The molecule has 0 aliphatic rings. The number of esters is 1. The lowest BCUT2D eigenvalue weighted by molar-refractivity contribution is -0.141. The van der Waals surface area contributed by atoms with Gasteiger partial charge in [0.2, 0.25) is 0 Å². The average Bonchev–Trinajstić information content (AvgIpc) is 2.68. The van der Waals surface area contributed by atoms with E-state index in [-0.39, 0.29) is 0 Å². The third kappa shape index (κ3) is 13.0. The predicted octanol–water partition coefficient (Wildman–Crippen LogP) is 6.04. The van der Waals surface area contributed by atoms with Crippen LogP contribution in [0, 0.1) is 0 Å². The number of carbonyl (C=O) groups excluding carboxylic acids is 1. The summed E-state index contributed by atoms with van der Waals surface area (Å²) in [6.07, 6.45) is 14.7. The van der Waals surface area contributed by atoms with E-state index in [9.17, 15) is 13.2 Å². The van der Waals surface area contributed by atoms with Gasteiger partial charge in [-0.05, 0) is 31.4 Å². The number of carbonyl (C=O) groups is 1. The van der Waals surface area contributed by atoms with E-state index in [0.717, 1.165) is 24.8 Å². The summed E-state index contributed by atoms with van der Waals surface area (Å²) in [6, 6.07) is 7.21. The molecule has 30 heavy (non-hydrogen) atoms. The maximum Gasteiger partial charge on any atom is 0.398 e. The summed E-state index contributed by atoms with van der Waals surface area (Å²) in [5.74, 6) is -0.467. The van der Waals surface area contributed by atoms with Crippen LogP contribution < -0.4 is 4.74 Å². The summed E-state index contributed by atoms with van der Waals surface area (Å²) in [4.78, 5) is 12.0. The van der Waals surface area contributed by atoms with Crippen molar-refractivity contribution in [2.75, 3.05) is 0 Å². The highest BCUT2D eigenvalue weighted by Gasteiger charge is 2.22. The smallest absolute Gasteiger partial charge is 0.398 e. The van der Waals surface area contributed by atoms with Gasteiger partial charge in [-0.2, -0.15) is 8.42 Å². The number of unbranched alkanes of at least 4 members (excludes halogenated alkanes) is 11. The molecule has 1 N–H and O–H groups in total. The summed E-state index contributed by atoms with van der Waals surface area (Å²) < 4.78 is 39.7. The van der Waals surface area contributed by atoms with E-state index >= 15 is 0 Å². The van der Waals surface area contributed by atoms with Gasteiger partial charge in [-0.1, -0.05) is 95.8 Å². The first-order chi connectivity index (χ1) is 14.3. The minimum Gasteiger partial charge on any atom is -0.424 e. The quantitative estimate of drug-likeness (QED) is 0.137. The van der Waals surface area contributed by atoms with E-state index in [1.807, 2.05) is 12.1 Å². The van der Waals surface area contributed by atoms with Crippen LogP contribution in [0.15, 0.2) is 24.3 Å². The predicted molar refractivity (Wildman–Crippen MR) is 119 cm³/mol. The number of ether oxygens (including phenoxy) is 1. The first-order valence-corrected chi connectivity index (χ1v) is 12.6. The molecule has 0 spiro atoms. The Morgan fingerprint density at radius 2 is 1.40 bits per heavy atom. The van der Waals surface area contributed by atoms with Crippen LogP contribution in [0.25, 0.3) is 0 Å². The molecule has 0 radical (unpaired) electrons. The van der Waals surface area contributed by atoms with Crippen molar-refractivity contribution >= 4 is 16.4 Å². The number of benzene rings is 1. The fraction of sp³-hybridized carbons (Fsp3) is 0.696. The normalized spacial score (nSPS) is 12.6. The van der Waals surface area contributed by atoms with Gasteiger partial charge in [-0.3, -0.25) is 4.55 Å². The van der Waals surface area contributed by atoms with Crippen molar-refractivity contribution in [2.45, 2.75) is 103 Å². The van der Waals surface area contributed by atoms with E-state index in [2.05, 4.69) is 11.1 Å². The number of aryl methyl sites for hydroxylation is 1. The van der Waals surface area contributed by atoms with E-state index in [0.29, 0.717) is 5.75 Å². The third-order valence-electron chi connectivity index (χ3n) is 5.08.